The fourth-order valence-electron chi connectivity index (χ4n) is 2.72. The summed E-state index contributed by atoms with van der Waals surface area (Å²) in [5, 5.41) is 3.01. The van der Waals surface area contributed by atoms with Gasteiger partial charge >= 0.3 is 6.18 Å². The van der Waals surface area contributed by atoms with Crippen LogP contribution in [0.5, 0.6) is 0 Å². The van der Waals surface area contributed by atoms with Crippen LogP contribution < -0.4 is 5.32 Å². The van der Waals surface area contributed by atoms with Crippen molar-refractivity contribution in [1.82, 2.24) is 9.62 Å². The Kier molecular flexibility index (Phi) is 6.48. The lowest BCUT2D eigenvalue weighted by atomic mass is 10.1. The predicted octanol–water partition coefficient (Wildman–Crippen LogP) is 2.67. The van der Waals surface area contributed by atoms with Gasteiger partial charge in [-0.05, 0) is 56.6 Å². The van der Waals surface area contributed by atoms with Crippen molar-refractivity contribution < 1.29 is 21.6 Å². The number of aryl methyl sites for hydroxylation is 1. The molecule has 0 spiro atoms. The van der Waals surface area contributed by atoms with Crippen molar-refractivity contribution in [3.8, 4) is 0 Å². The molecule has 1 aliphatic rings. The summed E-state index contributed by atoms with van der Waals surface area (Å²) in [7, 11) is -1.94. The fraction of sp³-hybridized carbons (Fsp3) is 0.571. The van der Waals surface area contributed by atoms with Gasteiger partial charge in [0.1, 0.15) is 0 Å². The second-order valence-electron chi connectivity index (χ2n) is 5.55. The molecule has 1 saturated heterocycles. The quantitative estimate of drug-likeness (QED) is 0.884. The number of nitrogens with zero attached hydrogens (tertiary/aromatic N) is 1. The Hall–Kier alpha value is -0.830. The van der Waals surface area contributed by atoms with E-state index in [0.717, 1.165) is 31.2 Å². The molecule has 1 unspecified atom stereocenters. The zero-order valence-corrected chi connectivity index (χ0v) is 14.5. The molecule has 1 fully saturated rings. The third kappa shape index (κ3) is 4.37. The first-order valence-corrected chi connectivity index (χ1v) is 8.43. The standard InChI is InChI=1S/C14H19F3N2O2S.ClH/c1-10-7-12(14(15,16)17)3-4-13(10)22(20,21)19-6-5-11(9-19)8-18-2;/h3-4,7,11,18H,5-6,8-9H2,1-2H3;1H. The molecule has 0 bridgehead atoms. The maximum atomic E-state index is 12.7. The number of halogens is 4. The molecule has 0 radical (unpaired) electrons. The van der Waals surface area contributed by atoms with Crippen LogP contribution in [-0.2, 0) is 16.2 Å². The average Bonchev–Trinajstić information content (AvgIpc) is 2.87. The summed E-state index contributed by atoms with van der Waals surface area (Å²) in [6.07, 6.45) is -3.72. The Bertz CT molecular complexity index is 650. The second-order valence-corrected chi connectivity index (χ2v) is 7.46. The summed E-state index contributed by atoms with van der Waals surface area (Å²) in [6, 6.07) is 2.76. The molecule has 0 aromatic heterocycles. The molecule has 1 atom stereocenters. The summed E-state index contributed by atoms with van der Waals surface area (Å²) in [5.74, 6) is 0.231. The van der Waals surface area contributed by atoms with Gasteiger partial charge in [-0.2, -0.15) is 17.5 Å². The van der Waals surface area contributed by atoms with Crippen LogP contribution in [0.25, 0.3) is 0 Å². The second kappa shape index (κ2) is 7.38. The molecule has 0 amide bonds. The van der Waals surface area contributed by atoms with Crippen molar-refractivity contribution in [2.75, 3.05) is 26.7 Å². The Morgan fingerprint density at radius 3 is 2.52 bits per heavy atom. The molecule has 1 N–H and O–H groups in total. The maximum absolute atomic E-state index is 12.7. The number of benzene rings is 1. The van der Waals surface area contributed by atoms with E-state index in [2.05, 4.69) is 5.32 Å². The van der Waals surface area contributed by atoms with Crippen molar-refractivity contribution in [2.24, 2.45) is 5.92 Å². The molecule has 23 heavy (non-hydrogen) atoms. The van der Waals surface area contributed by atoms with E-state index in [4.69, 9.17) is 0 Å². The number of sulfonamides is 1. The Balaban J connectivity index is 0.00000264. The highest BCUT2D eigenvalue weighted by Gasteiger charge is 2.35. The highest BCUT2D eigenvalue weighted by atomic mass is 35.5. The Morgan fingerprint density at radius 1 is 1.35 bits per heavy atom. The van der Waals surface area contributed by atoms with E-state index in [0.29, 0.717) is 13.1 Å². The van der Waals surface area contributed by atoms with Crippen LogP contribution in [0, 0.1) is 12.8 Å². The average molecular weight is 373 g/mol. The number of hydrogen-bond acceptors (Lipinski definition) is 3. The van der Waals surface area contributed by atoms with Gasteiger partial charge in [0.05, 0.1) is 10.5 Å². The number of hydrogen-bond donors (Lipinski definition) is 1. The Morgan fingerprint density at radius 2 is 2.00 bits per heavy atom. The molecule has 1 heterocycles. The summed E-state index contributed by atoms with van der Waals surface area (Å²) < 4.78 is 64.5. The van der Waals surface area contributed by atoms with E-state index in [1.165, 1.54) is 11.2 Å². The summed E-state index contributed by atoms with van der Waals surface area (Å²) in [5.41, 5.74) is -0.717. The lowest BCUT2D eigenvalue weighted by Gasteiger charge is -2.19. The first-order valence-electron chi connectivity index (χ1n) is 6.99. The topological polar surface area (TPSA) is 49.4 Å². The summed E-state index contributed by atoms with van der Waals surface area (Å²) in [4.78, 5) is -0.0504. The molecule has 9 heteroatoms. The monoisotopic (exact) mass is 372 g/mol. The van der Waals surface area contributed by atoms with Gasteiger partial charge < -0.3 is 5.32 Å². The third-order valence-corrected chi connectivity index (χ3v) is 5.89. The highest BCUT2D eigenvalue weighted by Crippen LogP contribution is 2.33. The molecule has 132 valence electrons. The van der Waals surface area contributed by atoms with E-state index in [-0.39, 0.29) is 28.8 Å². The largest absolute Gasteiger partial charge is 0.416 e. The highest BCUT2D eigenvalue weighted by molar-refractivity contribution is 7.89. The van der Waals surface area contributed by atoms with Crippen LogP contribution in [0.4, 0.5) is 13.2 Å². The van der Waals surface area contributed by atoms with Gasteiger partial charge in [0, 0.05) is 13.1 Å². The smallest absolute Gasteiger partial charge is 0.319 e. The van der Waals surface area contributed by atoms with Crippen LogP contribution in [0.3, 0.4) is 0 Å². The van der Waals surface area contributed by atoms with Gasteiger partial charge in [-0.25, -0.2) is 8.42 Å². The van der Waals surface area contributed by atoms with Crippen molar-refractivity contribution in [3.05, 3.63) is 29.3 Å². The van der Waals surface area contributed by atoms with E-state index < -0.39 is 21.8 Å². The molecular weight excluding hydrogens is 353 g/mol. The van der Waals surface area contributed by atoms with E-state index in [1.807, 2.05) is 0 Å². The fourth-order valence-corrected chi connectivity index (χ4v) is 4.46. The van der Waals surface area contributed by atoms with Gasteiger partial charge in [-0.1, -0.05) is 0 Å². The van der Waals surface area contributed by atoms with Crippen LogP contribution >= 0.6 is 12.4 Å². The first-order chi connectivity index (χ1) is 10.2. The molecule has 4 nitrogen and oxygen atoms in total. The van der Waals surface area contributed by atoms with Crippen LogP contribution in [0.2, 0.25) is 0 Å². The lowest BCUT2D eigenvalue weighted by Crippen LogP contribution is -2.31. The number of alkyl halides is 3. The lowest BCUT2D eigenvalue weighted by molar-refractivity contribution is -0.137. The van der Waals surface area contributed by atoms with E-state index >= 15 is 0 Å². The molecule has 1 aromatic rings. The van der Waals surface area contributed by atoms with Gasteiger partial charge in [0.2, 0.25) is 10.0 Å². The Labute approximate surface area is 140 Å². The maximum Gasteiger partial charge on any atom is 0.416 e. The van der Waals surface area contributed by atoms with Gasteiger partial charge in [-0.3, -0.25) is 0 Å². The van der Waals surface area contributed by atoms with E-state index in [9.17, 15) is 21.6 Å². The zero-order valence-electron chi connectivity index (χ0n) is 12.9. The van der Waals surface area contributed by atoms with Crippen molar-refractivity contribution in [2.45, 2.75) is 24.4 Å². The van der Waals surface area contributed by atoms with Gasteiger partial charge in [0.25, 0.3) is 0 Å². The molecular formula is C14H20ClF3N2O2S. The summed E-state index contributed by atoms with van der Waals surface area (Å²) >= 11 is 0. The van der Waals surface area contributed by atoms with Crippen LogP contribution in [0.15, 0.2) is 23.1 Å². The number of rotatable bonds is 4. The minimum absolute atomic E-state index is 0. The molecule has 0 saturated carbocycles. The van der Waals surface area contributed by atoms with Crippen molar-refractivity contribution in [1.29, 1.82) is 0 Å². The molecule has 2 rings (SSSR count). The predicted molar refractivity (Wildman–Crippen MR) is 84.2 cm³/mol. The van der Waals surface area contributed by atoms with Gasteiger partial charge in [-0.15, -0.1) is 12.4 Å². The van der Waals surface area contributed by atoms with Crippen LogP contribution in [-0.4, -0.2) is 39.4 Å². The minimum atomic E-state index is -4.47. The van der Waals surface area contributed by atoms with Gasteiger partial charge in [0.15, 0.2) is 0 Å². The minimum Gasteiger partial charge on any atom is -0.319 e. The summed E-state index contributed by atoms with van der Waals surface area (Å²) in [6.45, 7) is 2.90. The zero-order chi connectivity index (χ0) is 16.5. The molecule has 0 aliphatic carbocycles. The first kappa shape index (κ1) is 20.2. The van der Waals surface area contributed by atoms with Crippen LogP contribution in [0.1, 0.15) is 17.5 Å². The number of nitrogens with one attached hydrogen (secondary N) is 1. The normalized spacial score (nSPS) is 19.6. The molecule has 1 aromatic carbocycles. The molecule has 1 aliphatic heterocycles. The van der Waals surface area contributed by atoms with Crippen molar-refractivity contribution >= 4 is 22.4 Å². The van der Waals surface area contributed by atoms with Crippen molar-refractivity contribution in [3.63, 3.8) is 0 Å². The third-order valence-electron chi connectivity index (χ3n) is 3.86. The van der Waals surface area contributed by atoms with E-state index in [1.54, 1.807) is 7.05 Å². The SMILES string of the molecule is CNCC1CCN(S(=O)(=O)c2ccc(C(F)(F)F)cc2C)C1.Cl.